The predicted octanol–water partition coefficient (Wildman–Crippen LogP) is -0.786. The summed E-state index contributed by atoms with van der Waals surface area (Å²) >= 11 is 0. The Labute approximate surface area is 99.0 Å². The molecule has 5 heteroatoms. The predicted molar refractivity (Wildman–Crippen MR) is 57.7 cm³/mol. The minimum Gasteiger partial charge on any atom is -0.550 e. The molecule has 92 valence electrons. The van der Waals surface area contributed by atoms with Gasteiger partial charge < -0.3 is 24.5 Å². The highest BCUT2D eigenvalue weighted by Gasteiger charge is 1.89. The van der Waals surface area contributed by atoms with E-state index < -0.39 is 11.9 Å². The lowest BCUT2D eigenvalue weighted by atomic mass is 10.2. The van der Waals surface area contributed by atoms with Crippen molar-refractivity contribution < 1.29 is 24.5 Å². The smallest absolute Gasteiger partial charge is 0.118 e. The van der Waals surface area contributed by atoms with Crippen molar-refractivity contribution in [1.29, 1.82) is 0 Å². The van der Waals surface area contributed by atoms with Crippen molar-refractivity contribution in [3.8, 4) is 5.75 Å². The molecule has 0 spiro atoms. The van der Waals surface area contributed by atoms with E-state index in [0.29, 0.717) is 0 Å². The van der Waals surface area contributed by atoms with Crippen molar-refractivity contribution in [2.45, 2.75) is 6.92 Å². The summed E-state index contributed by atoms with van der Waals surface area (Å²) in [6.45, 7) is 0.972. The van der Waals surface area contributed by atoms with Crippen LogP contribution in [-0.2, 0) is 9.59 Å². The molecule has 0 amide bonds. The molecule has 0 heterocycles. The average molecular weight is 236 g/mol. The Morgan fingerprint density at radius 3 is 2.00 bits per heavy atom. The van der Waals surface area contributed by atoms with E-state index in [9.17, 15) is 9.90 Å². The lowest BCUT2D eigenvalue weighted by Gasteiger charge is -1.99. The van der Waals surface area contributed by atoms with Crippen LogP contribution < -0.4 is 14.9 Å². The van der Waals surface area contributed by atoms with E-state index in [1.807, 2.05) is 0 Å². The molecule has 0 saturated heterocycles. The van der Waals surface area contributed by atoms with Gasteiger partial charge in [0.05, 0.1) is 13.1 Å². The first-order valence-corrected chi connectivity index (χ1v) is 4.66. The molecular weight excluding hydrogens is 224 g/mol. The monoisotopic (exact) mass is 236 g/mol. The summed E-state index contributed by atoms with van der Waals surface area (Å²) < 4.78 is 4.94. The van der Waals surface area contributed by atoms with E-state index in [0.717, 1.165) is 24.3 Å². The minimum absolute atomic E-state index is 0.741. The van der Waals surface area contributed by atoms with Gasteiger partial charge in [-0.3, -0.25) is 0 Å². The number of carboxylic acids is 2. The van der Waals surface area contributed by atoms with Crippen molar-refractivity contribution in [2.24, 2.45) is 0 Å². The van der Waals surface area contributed by atoms with E-state index in [1.165, 1.54) is 6.08 Å². The zero-order valence-corrected chi connectivity index (χ0v) is 9.51. The lowest BCUT2D eigenvalue weighted by molar-refractivity contribution is -0.302. The standard InChI is InChI=1S/C10H10O3.C2H4O2/c1-13-9-5-2-8(3-6-9)4-7-10(11)12;1-2(3)4/h2-7H,1H3,(H,11,12);1H3,(H,3,4)/p-2/b7-4+;. The molecule has 1 rings (SSSR count). The molecule has 17 heavy (non-hydrogen) atoms. The summed E-state index contributed by atoms with van der Waals surface area (Å²) in [5.74, 6) is -1.54. The van der Waals surface area contributed by atoms with Gasteiger partial charge >= 0.3 is 0 Å². The quantitative estimate of drug-likeness (QED) is 0.642. The highest BCUT2D eigenvalue weighted by molar-refractivity contribution is 5.83. The average Bonchev–Trinajstić information content (AvgIpc) is 2.26. The summed E-state index contributed by atoms with van der Waals surface area (Å²) in [7, 11) is 1.58. The molecule has 0 fully saturated rings. The first-order valence-electron chi connectivity index (χ1n) is 4.66. The number of carboxylic acid groups (broad SMARTS) is 2. The van der Waals surface area contributed by atoms with E-state index in [2.05, 4.69) is 0 Å². The van der Waals surface area contributed by atoms with Gasteiger partial charge in [-0.1, -0.05) is 18.2 Å². The molecule has 1 aromatic rings. The largest absolute Gasteiger partial charge is 0.550 e. The van der Waals surface area contributed by atoms with Gasteiger partial charge in [0, 0.05) is 5.97 Å². The molecule has 0 saturated carbocycles. The first-order chi connectivity index (χ1) is 7.95. The summed E-state index contributed by atoms with van der Waals surface area (Å²) in [5.41, 5.74) is 0.796. The van der Waals surface area contributed by atoms with Crippen LogP contribution in [-0.4, -0.2) is 19.0 Å². The number of hydrogen-bond acceptors (Lipinski definition) is 5. The fraction of sp³-hybridized carbons (Fsp3) is 0.167. The molecule has 0 radical (unpaired) electrons. The molecule has 0 unspecified atom stereocenters. The topological polar surface area (TPSA) is 89.5 Å². The van der Waals surface area contributed by atoms with Gasteiger partial charge in [-0.15, -0.1) is 0 Å². The summed E-state index contributed by atoms with van der Waals surface area (Å²) in [4.78, 5) is 19.0. The van der Waals surface area contributed by atoms with Crippen molar-refractivity contribution in [3.63, 3.8) is 0 Å². The first kappa shape index (κ1) is 14.7. The fourth-order valence-electron chi connectivity index (χ4n) is 0.879. The molecule has 0 aliphatic carbocycles. The third-order valence-corrected chi connectivity index (χ3v) is 1.53. The zero-order valence-electron chi connectivity index (χ0n) is 9.51. The molecule has 5 nitrogen and oxygen atoms in total. The molecule has 1 aromatic carbocycles. The number of carbonyl (C=O) groups excluding carboxylic acids is 2. The van der Waals surface area contributed by atoms with Crippen LogP contribution in [0.4, 0.5) is 0 Å². The van der Waals surface area contributed by atoms with Crippen LogP contribution in [0.25, 0.3) is 6.08 Å². The van der Waals surface area contributed by atoms with Gasteiger partial charge in [-0.25, -0.2) is 0 Å². The highest BCUT2D eigenvalue weighted by atomic mass is 16.5. The lowest BCUT2D eigenvalue weighted by Crippen LogP contribution is -2.18. The van der Waals surface area contributed by atoms with E-state index in [4.69, 9.17) is 14.6 Å². The van der Waals surface area contributed by atoms with Crippen LogP contribution in [0, 0.1) is 0 Å². The maximum Gasteiger partial charge on any atom is 0.118 e. The van der Waals surface area contributed by atoms with Crippen LogP contribution in [0.1, 0.15) is 12.5 Å². The molecule has 0 aliphatic rings. The van der Waals surface area contributed by atoms with Gasteiger partial charge in [-0.05, 0) is 30.7 Å². The molecule has 0 atom stereocenters. The maximum atomic E-state index is 10.1. The van der Waals surface area contributed by atoms with Gasteiger partial charge in [0.1, 0.15) is 5.75 Å². The number of carbonyl (C=O) groups is 2. The number of hydrogen-bond donors (Lipinski definition) is 0. The Morgan fingerprint density at radius 2 is 1.65 bits per heavy atom. The molecule has 0 N–H and O–H groups in total. The van der Waals surface area contributed by atoms with Crippen LogP contribution in [0.2, 0.25) is 0 Å². The second-order valence-corrected chi connectivity index (χ2v) is 2.92. The van der Waals surface area contributed by atoms with Crippen LogP contribution in [0.15, 0.2) is 30.3 Å². The SMILES string of the molecule is CC(=O)[O-].COc1ccc(/C=C/C(=O)[O-])cc1. The summed E-state index contributed by atoms with van der Waals surface area (Å²) in [5, 5.41) is 19.0. The van der Waals surface area contributed by atoms with E-state index >= 15 is 0 Å². The van der Waals surface area contributed by atoms with Crippen molar-refractivity contribution in [3.05, 3.63) is 35.9 Å². The molecule has 0 aromatic heterocycles. The minimum atomic E-state index is -1.20. The Balaban J connectivity index is 0.000000557. The third kappa shape index (κ3) is 8.68. The van der Waals surface area contributed by atoms with E-state index in [-0.39, 0.29) is 0 Å². The van der Waals surface area contributed by atoms with Gasteiger partial charge in [0.25, 0.3) is 0 Å². The van der Waals surface area contributed by atoms with Crippen molar-refractivity contribution in [1.82, 2.24) is 0 Å². The third-order valence-electron chi connectivity index (χ3n) is 1.53. The van der Waals surface area contributed by atoms with Gasteiger partial charge in [0.15, 0.2) is 0 Å². The normalized spacial score (nSPS) is 9.29. The Bertz CT molecular complexity index is 388. The van der Waals surface area contributed by atoms with Crippen LogP contribution in [0.3, 0.4) is 0 Å². The number of methoxy groups -OCH3 is 1. The van der Waals surface area contributed by atoms with Gasteiger partial charge in [-0.2, -0.15) is 0 Å². The Hall–Kier alpha value is -2.30. The fourth-order valence-corrected chi connectivity index (χ4v) is 0.879. The Morgan fingerprint density at radius 1 is 1.18 bits per heavy atom. The highest BCUT2D eigenvalue weighted by Crippen LogP contribution is 2.11. The van der Waals surface area contributed by atoms with Crippen LogP contribution in [0.5, 0.6) is 5.75 Å². The molecule has 0 bridgehead atoms. The molecular formula is C12H12O5-2. The number of benzene rings is 1. The number of aliphatic carboxylic acids is 2. The van der Waals surface area contributed by atoms with E-state index in [1.54, 1.807) is 31.4 Å². The maximum absolute atomic E-state index is 10.1. The van der Waals surface area contributed by atoms with Crippen molar-refractivity contribution >= 4 is 18.0 Å². The Kier molecular flexibility index (Phi) is 6.85. The van der Waals surface area contributed by atoms with Crippen LogP contribution >= 0.6 is 0 Å². The van der Waals surface area contributed by atoms with Crippen molar-refractivity contribution in [2.75, 3.05) is 7.11 Å². The zero-order chi connectivity index (χ0) is 13.3. The second-order valence-electron chi connectivity index (χ2n) is 2.92. The number of ether oxygens (including phenoxy) is 1. The second kappa shape index (κ2) is 7.92. The summed E-state index contributed by atoms with van der Waals surface area (Å²) in [6, 6.07) is 7.04. The molecule has 0 aliphatic heterocycles. The van der Waals surface area contributed by atoms with Gasteiger partial charge in [0.2, 0.25) is 0 Å². The summed E-state index contributed by atoms with van der Waals surface area (Å²) in [6.07, 6.45) is 2.45. The number of rotatable bonds is 3.